The topological polar surface area (TPSA) is 84.4 Å². The molecule has 7 nitrogen and oxygen atoms in total. The number of hydrogen-bond acceptors (Lipinski definition) is 5. The predicted octanol–water partition coefficient (Wildman–Crippen LogP) is 3.00. The van der Waals surface area contributed by atoms with E-state index in [1.54, 1.807) is 13.0 Å². The highest BCUT2D eigenvalue weighted by Gasteiger charge is 2.48. The highest BCUT2D eigenvalue weighted by Crippen LogP contribution is 2.36. The predicted molar refractivity (Wildman–Crippen MR) is 111 cm³/mol. The van der Waals surface area contributed by atoms with E-state index in [1.165, 1.54) is 37.8 Å². The molecule has 1 saturated heterocycles. The van der Waals surface area contributed by atoms with Gasteiger partial charge in [-0.05, 0) is 44.4 Å². The Morgan fingerprint density at radius 1 is 1.29 bits per heavy atom. The van der Waals surface area contributed by atoms with Gasteiger partial charge in [0, 0.05) is 37.2 Å². The second-order valence-electron chi connectivity index (χ2n) is 7.49. The number of halogens is 3. The molecule has 1 N–H and O–H groups in total. The molecular weight excluding hydrogens is 430 g/mol. The van der Waals surface area contributed by atoms with Crippen molar-refractivity contribution >= 4 is 29.1 Å². The number of benzene rings is 1. The van der Waals surface area contributed by atoms with Crippen LogP contribution in [0.2, 0.25) is 0 Å². The molecule has 2 aromatic rings. The lowest BCUT2D eigenvalue weighted by molar-refractivity contribution is -0.132. The van der Waals surface area contributed by atoms with Gasteiger partial charge in [0.25, 0.3) is 17.4 Å². The number of carbonyl (C=O) groups is 2. The first kappa shape index (κ1) is 23.0. The van der Waals surface area contributed by atoms with E-state index < -0.39 is 28.8 Å². The molecule has 166 valence electrons. The molecule has 0 bridgehead atoms. The molecule has 1 aliphatic heterocycles. The van der Waals surface area contributed by atoms with Crippen LogP contribution in [0.15, 0.2) is 36.9 Å². The number of nitrogens with zero attached hydrogens (tertiary/aromatic N) is 3. The minimum Gasteiger partial charge on any atom is -0.381 e. The van der Waals surface area contributed by atoms with Gasteiger partial charge in [0.1, 0.15) is 12.1 Å². The smallest absolute Gasteiger partial charge is 0.278 e. The van der Waals surface area contributed by atoms with E-state index in [0.29, 0.717) is 31.6 Å². The monoisotopic (exact) mass is 452 g/mol. The summed E-state index contributed by atoms with van der Waals surface area (Å²) >= 11 is 5.49. The fraction of sp³-hybridized carbons (Fsp3) is 0.429. The van der Waals surface area contributed by atoms with Crippen LogP contribution in [0, 0.1) is 12.7 Å². The molecule has 0 spiro atoms. The summed E-state index contributed by atoms with van der Waals surface area (Å²) in [7, 11) is 0. The molecule has 0 saturated carbocycles. The van der Waals surface area contributed by atoms with E-state index in [9.17, 15) is 18.4 Å². The number of ether oxygens (including phenoxy) is 1. The molecule has 0 aliphatic carbocycles. The Morgan fingerprint density at radius 3 is 2.52 bits per heavy atom. The highest BCUT2D eigenvalue weighted by molar-refractivity contribution is 6.32. The lowest BCUT2D eigenvalue weighted by Gasteiger charge is -2.41. The van der Waals surface area contributed by atoms with Gasteiger partial charge in [0.2, 0.25) is 0 Å². The highest BCUT2D eigenvalue weighted by atomic mass is 35.5. The van der Waals surface area contributed by atoms with Crippen LogP contribution in [-0.4, -0.2) is 46.7 Å². The van der Waals surface area contributed by atoms with E-state index in [4.69, 9.17) is 16.3 Å². The van der Waals surface area contributed by atoms with E-state index in [-0.39, 0.29) is 17.3 Å². The maximum Gasteiger partial charge on any atom is 0.278 e. The first-order chi connectivity index (χ1) is 14.7. The maximum absolute atomic E-state index is 15.0. The molecule has 0 radical (unpaired) electrons. The average molecular weight is 453 g/mol. The zero-order chi connectivity index (χ0) is 22.6. The SMILES string of the molecule is Cc1ccc(N(C(=O)[C@H](F)Cl)[C@](C)(C(=O)NC2CCOCC2)c2cncnc2)c(F)c1. The van der Waals surface area contributed by atoms with Crippen molar-refractivity contribution < 1.29 is 23.1 Å². The maximum atomic E-state index is 15.0. The van der Waals surface area contributed by atoms with E-state index in [0.717, 1.165) is 4.90 Å². The third-order valence-electron chi connectivity index (χ3n) is 5.32. The number of alkyl halides is 2. The summed E-state index contributed by atoms with van der Waals surface area (Å²) in [5.41, 5.74) is -3.91. The molecule has 10 heteroatoms. The number of anilines is 1. The summed E-state index contributed by atoms with van der Waals surface area (Å²) < 4.78 is 34.3. The Labute approximate surface area is 183 Å². The molecule has 2 heterocycles. The van der Waals surface area contributed by atoms with Gasteiger partial charge in [-0.1, -0.05) is 17.7 Å². The lowest BCUT2D eigenvalue weighted by atomic mass is 9.89. The van der Waals surface area contributed by atoms with Crippen LogP contribution in [0.4, 0.5) is 14.5 Å². The van der Waals surface area contributed by atoms with Crippen LogP contribution in [0.5, 0.6) is 0 Å². The van der Waals surface area contributed by atoms with Gasteiger partial charge in [-0.25, -0.2) is 18.7 Å². The Bertz CT molecular complexity index is 941. The molecule has 2 amide bonds. The minimum atomic E-state index is -2.50. The third-order valence-corrected chi connectivity index (χ3v) is 5.51. The van der Waals surface area contributed by atoms with E-state index in [2.05, 4.69) is 15.3 Å². The van der Waals surface area contributed by atoms with Crippen molar-refractivity contribution in [2.75, 3.05) is 18.1 Å². The molecule has 1 aliphatic rings. The van der Waals surface area contributed by atoms with Gasteiger partial charge in [-0.2, -0.15) is 0 Å². The van der Waals surface area contributed by atoms with Gasteiger partial charge in [0.15, 0.2) is 5.54 Å². The fourth-order valence-corrected chi connectivity index (χ4v) is 3.65. The molecule has 1 fully saturated rings. The van der Waals surface area contributed by atoms with Crippen LogP contribution in [0.3, 0.4) is 0 Å². The Balaban J connectivity index is 2.15. The summed E-state index contributed by atoms with van der Waals surface area (Å²) in [5, 5.41) is 2.88. The molecule has 0 unspecified atom stereocenters. The number of rotatable bonds is 6. The number of nitrogens with one attached hydrogen (secondary N) is 1. The van der Waals surface area contributed by atoms with Crippen LogP contribution in [0.25, 0.3) is 0 Å². The summed E-state index contributed by atoms with van der Waals surface area (Å²) in [6, 6.07) is 3.83. The first-order valence-corrected chi connectivity index (χ1v) is 10.2. The Hall–Kier alpha value is -2.65. The standard InChI is InChI=1S/C21H23ClF2N4O3/c1-13-3-4-17(16(23)9-13)28(19(29)18(22)24)21(2,14-10-25-12-26-11-14)20(30)27-15-5-7-31-8-6-15/h3-4,9-12,15,18H,5-8H2,1-2H3,(H,27,30)/t18-,21-/m0/s1. The van der Waals surface area contributed by atoms with Gasteiger partial charge in [0.05, 0.1) is 5.69 Å². The zero-order valence-corrected chi connectivity index (χ0v) is 17.9. The summed E-state index contributed by atoms with van der Waals surface area (Å²) in [4.78, 5) is 35.1. The molecule has 3 rings (SSSR count). The summed E-state index contributed by atoms with van der Waals surface area (Å²) in [6.45, 7) is 4.00. The number of hydrogen-bond donors (Lipinski definition) is 1. The van der Waals surface area contributed by atoms with Crippen molar-refractivity contribution in [3.05, 3.63) is 53.9 Å². The van der Waals surface area contributed by atoms with Gasteiger partial charge >= 0.3 is 0 Å². The molecule has 2 atom stereocenters. The van der Waals surface area contributed by atoms with E-state index >= 15 is 0 Å². The zero-order valence-electron chi connectivity index (χ0n) is 17.1. The molecule has 1 aromatic heterocycles. The number of aryl methyl sites for hydroxylation is 1. The fourth-order valence-electron chi connectivity index (χ4n) is 3.55. The van der Waals surface area contributed by atoms with Crippen molar-refractivity contribution in [3.8, 4) is 0 Å². The third kappa shape index (κ3) is 4.83. The molecule has 1 aromatic carbocycles. The van der Waals surface area contributed by atoms with Crippen molar-refractivity contribution in [1.29, 1.82) is 0 Å². The minimum absolute atomic E-state index is 0.171. The second kappa shape index (κ2) is 9.65. The summed E-state index contributed by atoms with van der Waals surface area (Å²) in [6.07, 6.45) is 5.04. The Morgan fingerprint density at radius 2 is 1.94 bits per heavy atom. The van der Waals surface area contributed by atoms with Crippen molar-refractivity contribution in [1.82, 2.24) is 15.3 Å². The van der Waals surface area contributed by atoms with Gasteiger partial charge in [-0.15, -0.1) is 0 Å². The quantitative estimate of drug-likeness (QED) is 0.681. The Kier molecular flexibility index (Phi) is 7.17. The van der Waals surface area contributed by atoms with Crippen LogP contribution in [0.1, 0.15) is 30.9 Å². The molecular formula is C21H23ClF2N4O3. The summed E-state index contributed by atoms with van der Waals surface area (Å²) in [5.74, 6) is -2.72. The van der Waals surface area contributed by atoms with Crippen LogP contribution in [-0.2, 0) is 19.9 Å². The largest absolute Gasteiger partial charge is 0.381 e. The average Bonchev–Trinajstić information content (AvgIpc) is 2.76. The van der Waals surface area contributed by atoms with Gasteiger partial charge < -0.3 is 10.1 Å². The number of carbonyl (C=O) groups excluding carboxylic acids is 2. The van der Waals surface area contributed by atoms with E-state index in [1.807, 2.05) is 0 Å². The number of amides is 2. The molecule has 31 heavy (non-hydrogen) atoms. The van der Waals surface area contributed by atoms with Crippen LogP contribution < -0.4 is 10.2 Å². The van der Waals surface area contributed by atoms with Crippen molar-refractivity contribution in [2.45, 2.75) is 43.9 Å². The van der Waals surface area contributed by atoms with Crippen LogP contribution >= 0.6 is 11.6 Å². The van der Waals surface area contributed by atoms with Crippen molar-refractivity contribution in [2.24, 2.45) is 0 Å². The second-order valence-corrected chi connectivity index (χ2v) is 7.87. The lowest BCUT2D eigenvalue weighted by Crippen LogP contribution is -2.60. The number of aromatic nitrogens is 2. The van der Waals surface area contributed by atoms with Crippen molar-refractivity contribution in [3.63, 3.8) is 0 Å². The van der Waals surface area contributed by atoms with Gasteiger partial charge in [-0.3, -0.25) is 14.5 Å². The normalized spacial score (nSPS) is 17.5. The first-order valence-electron chi connectivity index (χ1n) is 9.77.